The molecule has 0 fully saturated rings. The fourth-order valence-electron chi connectivity index (χ4n) is 2.08. The second-order valence-corrected chi connectivity index (χ2v) is 5.84. The van der Waals surface area contributed by atoms with Crippen LogP contribution in [0.4, 0.5) is 5.69 Å². The lowest BCUT2D eigenvalue weighted by Gasteiger charge is -2.01. The summed E-state index contributed by atoms with van der Waals surface area (Å²) in [4.78, 5) is 24.5. The van der Waals surface area contributed by atoms with Crippen LogP contribution in [0.1, 0.15) is 6.92 Å². The quantitative estimate of drug-likeness (QED) is 0.703. The Bertz CT molecular complexity index is 955. The number of aliphatic hydroxyl groups is 1. The summed E-state index contributed by atoms with van der Waals surface area (Å²) in [7, 11) is 0. The molecule has 0 radical (unpaired) electrons. The molecular weight excluding hydrogens is 342 g/mol. The van der Waals surface area contributed by atoms with Crippen molar-refractivity contribution in [3.8, 4) is 6.07 Å². The number of aliphatic hydroxyl groups excluding tert-OH is 1. The molecular formula is C17H17N3O4S. The zero-order valence-electron chi connectivity index (χ0n) is 13.6. The fourth-order valence-corrected chi connectivity index (χ4v) is 3.11. The van der Waals surface area contributed by atoms with Gasteiger partial charge >= 0.3 is 5.97 Å². The van der Waals surface area contributed by atoms with E-state index < -0.39 is 11.5 Å². The summed E-state index contributed by atoms with van der Waals surface area (Å²) in [6.07, 6.45) is 1.51. The summed E-state index contributed by atoms with van der Waals surface area (Å²) in [5.41, 5.74) is 0.145. The van der Waals surface area contributed by atoms with Gasteiger partial charge in [-0.3, -0.25) is 9.36 Å². The van der Waals surface area contributed by atoms with E-state index in [1.807, 2.05) is 30.3 Å². The molecule has 2 N–H and O–H groups in total. The molecule has 1 aromatic heterocycles. The average Bonchev–Trinajstić information content (AvgIpc) is 2.92. The van der Waals surface area contributed by atoms with Gasteiger partial charge in [0.15, 0.2) is 5.57 Å². The maximum Gasteiger partial charge on any atom is 0.351 e. The van der Waals surface area contributed by atoms with Crippen molar-refractivity contribution in [2.24, 2.45) is 0 Å². The zero-order chi connectivity index (χ0) is 18.2. The van der Waals surface area contributed by atoms with Crippen LogP contribution in [0.5, 0.6) is 0 Å². The predicted octanol–water partition coefficient (Wildman–Crippen LogP) is -0.0104. The molecule has 0 aliphatic rings. The maximum atomic E-state index is 12.5. The molecule has 0 aliphatic heterocycles. The number of esters is 1. The van der Waals surface area contributed by atoms with Gasteiger partial charge in [0, 0.05) is 11.9 Å². The van der Waals surface area contributed by atoms with E-state index >= 15 is 0 Å². The Morgan fingerprint density at radius 3 is 2.76 bits per heavy atom. The maximum absolute atomic E-state index is 12.5. The molecule has 0 unspecified atom stereocenters. The molecule has 0 spiro atoms. The number of thiazole rings is 1. The number of hydrogen-bond acceptors (Lipinski definition) is 7. The van der Waals surface area contributed by atoms with Gasteiger partial charge in [0.05, 0.1) is 19.8 Å². The van der Waals surface area contributed by atoms with Crippen LogP contribution < -0.4 is 20.1 Å². The van der Waals surface area contributed by atoms with Crippen molar-refractivity contribution in [1.29, 1.82) is 5.26 Å². The van der Waals surface area contributed by atoms with Crippen molar-refractivity contribution in [3.05, 3.63) is 49.9 Å². The van der Waals surface area contributed by atoms with Crippen LogP contribution in [-0.2, 0) is 16.1 Å². The molecule has 0 atom stereocenters. The number of nitrogens with one attached hydrogen (secondary N) is 1. The molecule has 2 aromatic rings. The smallest absolute Gasteiger partial charge is 0.351 e. The van der Waals surface area contributed by atoms with Crippen LogP contribution >= 0.6 is 11.3 Å². The van der Waals surface area contributed by atoms with Gasteiger partial charge < -0.3 is 15.2 Å². The van der Waals surface area contributed by atoms with E-state index in [4.69, 9.17) is 4.74 Å². The van der Waals surface area contributed by atoms with E-state index in [1.54, 1.807) is 13.0 Å². The SMILES string of the molecule is CCOC(=O)C(C#N)=c1sc(=CNc2ccccc2)c(=O)n1CCO. The van der Waals surface area contributed by atoms with Gasteiger partial charge in [0.2, 0.25) is 0 Å². The Morgan fingerprint density at radius 1 is 1.44 bits per heavy atom. The van der Waals surface area contributed by atoms with E-state index in [9.17, 15) is 20.0 Å². The minimum atomic E-state index is -0.791. The van der Waals surface area contributed by atoms with Crippen LogP contribution in [0.15, 0.2) is 35.1 Å². The highest BCUT2D eigenvalue weighted by molar-refractivity contribution is 7.07. The highest BCUT2D eigenvalue weighted by atomic mass is 32.1. The van der Waals surface area contributed by atoms with Crippen molar-refractivity contribution < 1.29 is 14.6 Å². The summed E-state index contributed by atoms with van der Waals surface area (Å²) in [5.74, 6) is -0.791. The monoisotopic (exact) mass is 359 g/mol. The van der Waals surface area contributed by atoms with Crippen molar-refractivity contribution >= 4 is 34.8 Å². The van der Waals surface area contributed by atoms with Crippen molar-refractivity contribution in [2.45, 2.75) is 13.5 Å². The van der Waals surface area contributed by atoms with Crippen LogP contribution in [0.3, 0.4) is 0 Å². The van der Waals surface area contributed by atoms with Gasteiger partial charge in [-0.05, 0) is 19.1 Å². The molecule has 2 rings (SSSR count). The third-order valence-electron chi connectivity index (χ3n) is 3.18. The lowest BCUT2D eigenvalue weighted by molar-refractivity contribution is -0.136. The first-order valence-corrected chi connectivity index (χ1v) is 8.37. The molecule has 130 valence electrons. The van der Waals surface area contributed by atoms with Gasteiger partial charge in [-0.1, -0.05) is 18.2 Å². The summed E-state index contributed by atoms with van der Waals surface area (Å²) < 4.78 is 6.55. The van der Waals surface area contributed by atoms with Gasteiger partial charge in [0.1, 0.15) is 15.3 Å². The molecule has 0 saturated carbocycles. The Morgan fingerprint density at radius 2 is 2.16 bits per heavy atom. The lowest BCUT2D eigenvalue weighted by atomic mass is 10.3. The number of carbonyl (C=O) groups excluding carboxylic acids is 1. The number of ether oxygens (including phenoxy) is 1. The standard InChI is InChI=1S/C17H17N3O4S/c1-2-24-17(23)13(10-18)16-20(8-9-21)15(22)14(25-16)11-19-12-6-4-3-5-7-12/h3-7,11,19,21H,2,8-9H2,1H3. The van der Waals surface area contributed by atoms with Crippen molar-refractivity contribution in [2.75, 3.05) is 18.5 Å². The first-order chi connectivity index (χ1) is 12.1. The zero-order valence-corrected chi connectivity index (χ0v) is 14.4. The molecule has 0 saturated heterocycles. The van der Waals surface area contributed by atoms with E-state index in [0.29, 0.717) is 4.53 Å². The molecule has 8 heteroatoms. The van der Waals surface area contributed by atoms with Gasteiger partial charge in [-0.15, -0.1) is 11.3 Å². The van der Waals surface area contributed by atoms with E-state index in [0.717, 1.165) is 17.0 Å². The second-order valence-electron chi connectivity index (χ2n) is 4.81. The molecule has 0 bridgehead atoms. The lowest BCUT2D eigenvalue weighted by Crippen LogP contribution is -2.34. The number of anilines is 1. The van der Waals surface area contributed by atoms with Gasteiger partial charge in [-0.2, -0.15) is 5.26 Å². The predicted molar refractivity (Wildman–Crippen MR) is 95.1 cm³/mol. The number of rotatable bonds is 6. The first-order valence-electron chi connectivity index (χ1n) is 7.56. The van der Waals surface area contributed by atoms with Crippen molar-refractivity contribution in [1.82, 2.24) is 4.57 Å². The van der Waals surface area contributed by atoms with Crippen LogP contribution in [-0.4, -0.2) is 28.9 Å². The number of nitrogens with zero attached hydrogens (tertiary/aromatic N) is 2. The van der Waals surface area contributed by atoms with Gasteiger partial charge in [-0.25, -0.2) is 4.79 Å². The average molecular weight is 359 g/mol. The van der Waals surface area contributed by atoms with Crippen LogP contribution in [0.25, 0.3) is 11.8 Å². The highest BCUT2D eigenvalue weighted by Crippen LogP contribution is 2.04. The molecule has 0 aliphatic carbocycles. The Kier molecular flexibility index (Phi) is 6.51. The molecule has 7 nitrogen and oxygen atoms in total. The number of nitriles is 1. The van der Waals surface area contributed by atoms with E-state index in [1.165, 1.54) is 10.8 Å². The van der Waals surface area contributed by atoms with E-state index in [2.05, 4.69) is 5.32 Å². The number of para-hydroxylation sites is 1. The van der Waals surface area contributed by atoms with Crippen molar-refractivity contribution in [3.63, 3.8) is 0 Å². The summed E-state index contributed by atoms with van der Waals surface area (Å²) >= 11 is 0.993. The molecule has 1 heterocycles. The van der Waals surface area contributed by atoms with Crippen LogP contribution in [0, 0.1) is 11.3 Å². The minimum absolute atomic E-state index is 0.0194. The largest absolute Gasteiger partial charge is 0.462 e. The highest BCUT2D eigenvalue weighted by Gasteiger charge is 2.16. The Hall–Kier alpha value is -2.89. The molecule has 1 aromatic carbocycles. The topological polar surface area (TPSA) is 104 Å². The molecule has 0 amide bonds. The molecule has 25 heavy (non-hydrogen) atoms. The second kappa shape index (κ2) is 8.82. The van der Waals surface area contributed by atoms with Gasteiger partial charge in [0.25, 0.3) is 5.56 Å². The van der Waals surface area contributed by atoms with E-state index in [-0.39, 0.29) is 30.0 Å². The number of carbonyl (C=O) groups is 1. The van der Waals surface area contributed by atoms with Crippen LogP contribution in [0.2, 0.25) is 0 Å². The fraction of sp³-hybridized carbons (Fsp3) is 0.235. The normalized spacial score (nSPS) is 12.4. The Labute approximate surface area is 147 Å². The number of aromatic nitrogens is 1. The third-order valence-corrected chi connectivity index (χ3v) is 4.31. The Balaban J connectivity index is 2.60. The number of hydrogen-bond donors (Lipinski definition) is 2. The summed E-state index contributed by atoms with van der Waals surface area (Å²) in [6, 6.07) is 11.0. The minimum Gasteiger partial charge on any atom is -0.462 e. The first kappa shape index (κ1) is 18.4. The summed E-state index contributed by atoms with van der Waals surface area (Å²) in [5, 5.41) is 21.5. The number of benzene rings is 1. The summed E-state index contributed by atoms with van der Waals surface area (Å²) in [6.45, 7) is 1.43. The third kappa shape index (κ3) is 4.35.